The highest BCUT2D eigenvalue weighted by Crippen LogP contribution is 2.35. The number of aryl methyl sites for hydroxylation is 1. The van der Waals surface area contributed by atoms with Crippen LogP contribution >= 0.6 is 0 Å². The predicted molar refractivity (Wildman–Crippen MR) is 129 cm³/mol. The van der Waals surface area contributed by atoms with Crippen LogP contribution in [0.3, 0.4) is 0 Å². The van der Waals surface area contributed by atoms with E-state index in [9.17, 15) is 23.4 Å². The lowest BCUT2D eigenvalue weighted by Crippen LogP contribution is -2.51. The zero-order valence-corrected chi connectivity index (χ0v) is 20.6. The molecule has 0 aromatic heterocycles. The molecule has 1 aliphatic heterocycles. The number of hydrogen-bond acceptors (Lipinski definition) is 6. The molecule has 0 spiro atoms. The van der Waals surface area contributed by atoms with Crippen LogP contribution in [0.2, 0.25) is 0 Å². The van der Waals surface area contributed by atoms with Crippen molar-refractivity contribution in [3.8, 4) is 16.9 Å². The first-order chi connectivity index (χ1) is 16.0. The summed E-state index contributed by atoms with van der Waals surface area (Å²) >= 11 is 0. The van der Waals surface area contributed by atoms with E-state index in [0.717, 1.165) is 22.3 Å². The molecule has 0 radical (unpaired) electrons. The number of carboxylic acids is 1. The fourth-order valence-corrected chi connectivity index (χ4v) is 5.68. The van der Waals surface area contributed by atoms with Gasteiger partial charge in [-0.05, 0) is 73.9 Å². The van der Waals surface area contributed by atoms with Crippen molar-refractivity contribution < 1.29 is 33.3 Å². The summed E-state index contributed by atoms with van der Waals surface area (Å²) in [6.07, 6.45) is 0.329. The molecule has 0 aliphatic carbocycles. The third-order valence-electron chi connectivity index (χ3n) is 6.47. The Hall–Kier alpha value is -2.46. The number of hydrogen-bond donors (Lipinski definition) is 3. The maximum atomic E-state index is 12.8. The molecule has 1 heterocycles. The molecule has 0 saturated carbocycles. The molecule has 2 aromatic carbocycles. The van der Waals surface area contributed by atoms with Crippen LogP contribution in [-0.4, -0.2) is 71.2 Å². The Morgan fingerprint density at radius 3 is 2.44 bits per heavy atom. The van der Waals surface area contributed by atoms with E-state index in [-0.39, 0.29) is 19.1 Å². The predicted octanol–water partition coefficient (Wildman–Crippen LogP) is 2.77. The van der Waals surface area contributed by atoms with E-state index in [0.29, 0.717) is 31.7 Å². The smallest absolute Gasteiger partial charge is 0.325 e. The fourth-order valence-electron chi connectivity index (χ4n) is 4.13. The van der Waals surface area contributed by atoms with E-state index in [1.165, 1.54) is 18.2 Å². The monoisotopic (exact) mass is 491 g/mol. The first-order valence-corrected chi connectivity index (χ1v) is 12.8. The summed E-state index contributed by atoms with van der Waals surface area (Å²) < 4.78 is 30.6. The summed E-state index contributed by atoms with van der Waals surface area (Å²) in [5, 5.41) is 27.8. The van der Waals surface area contributed by atoms with Crippen molar-refractivity contribution in [3.63, 3.8) is 0 Å². The zero-order chi connectivity index (χ0) is 25.1. The molecule has 0 bridgehead atoms. The van der Waals surface area contributed by atoms with Gasteiger partial charge in [-0.1, -0.05) is 30.3 Å². The molecular formula is C25H33NO7S. The SMILES string of the molecule is Cc1cc(C2CCN(S(=O)(=O)C(C)(C)C(=O)O)CC2)ccc1-c1cccc(OCC(O)CO)c1. The van der Waals surface area contributed by atoms with Crippen molar-refractivity contribution in [1.29, 1.82) is 0 Å². The van der Waals surface area contributed by atoms with Crippen molar-refractivity contribution in [3.05, 3.63) is 53.6 Å². The molecule has 1 fully saturated rings. The van der Waals surface area contributed by atoms with Crippen molar-refractivity contribution in [2.45, 2.75) is 50.4 Å². The van der Waals surface area contributed by atoms with Gasteiger partial charge < -0.3 is 20.1 Å². The van der Waals surface area contributed by atoms with Crippen LogP contribution in [0.25, 0.3) is 11.1 Å². The lowest BCUT2D eigenvalue weighted by atomic mass is 9.87. The van der Waals surface area contributed by atoms with E-state index in [4.69, 9.17) is 9.84 Å². The van der Waals surface area contributed by atoms with E-state index in [1.807, 2.05) is 31.2 Å². The van der Waals surface area contributed by atoms with Crippen LogP contribution < -0.4 is 4.74 Å². The topological polar surface area (TPSA) is 124 Å². The molecule has 8 nitrogen and oxygen atoms in total. The van der Waals surface area contributed by atoms with E-state index in [2.05, 4.69) is 12.1 Å². The van der Waals surface area contributed by atoms with Gasteiger partial charge in [0.25, 0.3) is 0 Å². The number of aliphatic carboxylic acids is 1. The highest BCUT2D eigenvalue weighted by atomic mass is 32.2. The number of rotatable bonds is 9. The molecule has 1 aliphatic rings. The Bertz CT molecular complexity index is 1120. The number of aliphatic hydroxyl groups is 2. The average Bonchev–Trinajstić information content (AvgIpc) is 2.82. The molecule has 1 unspecified atom stereocenters. The molecule has 3 N–H and O–H groups in total. The highest BCUT2D eigenvalue weighted by Gasteiger charge is 2.46. The van der Waals surface area contributed by atoms with Crippen LogP contribution in [0.4, 0.5) is 0 Å². The number of nitrogens with zero attached hydrogens (tertiary/aromatic N) is 1. The van der Waals surface area contributed by atoms with E-state index < -0.39 is 26.8 Å². The third kappa shape index (κ3) is 5.43. The van der Waals surface area contributed by atoms with Gasteiger partial charge in [-0.2, -0.15) is 0 Å². The maximum absolute atomic E-state index is 12.8. The molecule has 9 heteroatoms. The van der Waals surface area contributed by atoms with Gasteiger partial charge in [0.1, 0.15) is 18.5 Å². The first kappa shape index (κ1) is 26.2. The number of benzene rings is 2. The molecule has 186 valence electrons. The van der Waals surface area contributed by atoms with Gasteiger partial charge in [0, 0.05) is 13.1 Å². The van der Waals surface area contributed by atoms with E-state index in [1.54, 1.807) is 6.07 Å². The van der Waals surface area contributed by atoms with Crippen LogP contribution in [0.1, 0.15) is 43.7 Å². The summed E-state index contributed by atoms with van der Waals surface area (Å²) in [6, 6.07) is 13.8. The molecule has 2 aromatic rings. The first-order valence-electron chi connectivity index (χ1n) is 11.3. The summed E-state index contributed by atoms with van der Waals surface area (Å²) in [5.41, 5.74) is 4.22. The van der Waals surface area contributed by atoms with Gasteiger partial charge in [-0.25, -0.2) is 12.7 Å². The Labute approximate surface area is 200 Å². The second-order valence-electron chi connectivity index (χ2n) is 9.24. The fraction of sp³-hybridized carbons (Fsp3) is 0.480. The number of aliphatic hydroxyl groups excluding tert-OH is 2. The van der Waals surface area contributed by atoms with Crippen molar-refractivity contribution in [1.82, 2.24) is 4.31 Å². The minimum atomic E-state index is -3.94. The Morgan fingerprint density at radius 1 is 1.18 bits per heavy atom. The second kappa shape index (κ2) is 10.4. The molecule has 3 rings (SSSR count). The molecule has 1 atom stereocenters. The lowest BCUT2D eigenvalue weighted by molar-refractivity contribution is -0.139. The second-order valence-corrected chi connectivity index (χ2v) is 11.7. The van der Waals surface area contributed by atoms with Crippen molar-refractivity contribution >= 4 is 16.0 Å². The number of piperidine rings is 1. The largest absolute Gasteiger partial charge is 0.491 e. The molecule has 34 heavy (non-hydrogen) atoms. The Kier molecular flexibility index (Phi) is 8.02. The normalized spacial score (nSPS) is 16.9. The number of carboxylic acid groups (broad SMARTS) is 1. The zero-order valence-electron chi connectivity index (χ0n) is 19.8. The number of ether oxygens (including phenoxy) is 1. The third-order valence-corrected chi connectivity index (χ3v) is 8.98. The van der Waals surface area contributed by atoms with Crippen molar-refractivity contribution in [2.75, 3.05) is 26.3 Å². The summed E-state index contributed by atoms with van der Waals surface area (Å²) in [5.74, 6) is -0.548. The maximum Gasteiger partial charge on any atom is 0.325 e. The molecular weight excluding hydrogens is 458 g/mol. The van der Waals surface area contributed by atoms with Crippen LogP contribution in [0.5, 0.6) is 5.75 Å². The average molecular weight is 492 g/mol. The van der Waals surface area contributed by atoms with Gasteiger partial charge in [0.15, 0.2) is 4.75 Å². The highest BCUT2D eigenvalue weighted by molar-refractivity contribution is 7.91. The summed E-state index contributed by atoms with van der Waals surface area (Å²) in [4.78, 5) is 11.4. The van der Waals surface area contributed by atoms with Gasteiger partial charge in [-0.3, -0.25) is 4.79 Å². The van der Waals surface area contributed by atoms with E-state index >= 15 is 0 Å². The number of sulfonamides is 1. The Morgan fingerprint density at radius 2 is 1.85 bits per heavy atom. The van der Waals surface area contributed by atoms with Gasteiger partial charge >= 0.3 is 5.97 Å². The van der Waals surface area contributed by atoms with Gasteiger partial charge in [-0.15, -0.1) is 0 Å². The molecule has 0 amide bonds. The summed E-state index contributed by atoms with van der Waals surface area (Å²) in [6.45, 7) is 4.73. The van der Waals surface area contributed by atoms with Crippen LogP contribution in [0, 0.1) is 6.92 Å². The molecule has 1 saturated heterocycles. The minimum absolute atomic E-state index is 0.00986. The van der Waals surface area contributed by atoms with Crippen LogP contribution in [-0.2, 0) is 14.8 Å². The Balaban J connectivity index is 1.71. The van der Waals surface area contributed by atoms with Gasteiger partial charge in [0.05, 0.1) is 6.61 Å². The quantitative estimate of drug-likeness (QED) is 0.493. The standard InChI is InChI=1S/C25H33NO7S/c1-17-13-19(18-9-11-26(12-10-18)34(31,32)25(2,3)24(29)30)7-8-23(17)20-5-4-6-22(14-20)33-16-21(28)15-27/h4-8,13-14,18,21,27-28H,9-12,15-16H2,1-3H3,(H,29,30). The number of carbonyl (C=O) groups is 1. The van der Waals surface area contributed by atoms with Gasteiger partial charge in [0.2, 0.25) is 10.0 Å². The summed E-state index contributed by atoms with van der Waals surface area (Å²) in [7, 11) is -3.94. The lowest BCUT2D eigenvalue weighted by Gasteiger charge is -2.35. The van der Waals surface area contributed by atoms with Crippen LogP contribution in [0.15, 0.2) is 42.5 Å². The minimum Gasteiger partial charge on any atom is -0.491 e. The van der Waals surface area contributed by atoms with Crippen molar-refractivity contribution in [2.24, 2.45) is 0 Å².